The van der Waals surface area contributed by atoms with Crippen molar-refractivity contribution >= 4 is 22.6 Å². The van der Waals surface area contributed by atoms with Crippen LogP contribution in [-0.4, -0.2) is 36.7 Å². The Kier molecular flexibility index (Phi) is 4.90. The van der Waals surface area contributed by atoms with E-state index in [1.807, 2.05) is 42.5 Å². The lowest BCUT2D eigenvalue weighted by Gasteiger charge is -2.14. The molecule has 2 N–H and O–H groups in total. The molecular weight excluding hydrogens is 270 g/mol. The molecule has 0 aliphatic carbocycles. The lowest BCUT2D eigenvalue weighted by molar-refractivity contribution is -0.146. The van der Waals surface area contributed by atoms with Gasteiger partial charge in [0.15, 0.2) is 6.04 Å². The molecule has 1 atom stereocenters. The average Bonchev–Trinajstić information content (AvgIpc) is 2.52. The molecule has 0 saturated heterocycles. The second-order valence-corrected chi connectivity index (χ2v) is 4.64. The first kappa shape index (κ1) is 15.0. The first-order chi connectivity index (χ1) is 10.2. The van der Waals surface area contributed by atoms with E-state index in [1.54, 1.807) is 0 Å². The summed E-state index contributed by atoms with van der Waals surface area (Å²) in [6.07, 6.45) is 0.134. The zero-order chi connectivity index (χ0) is 15.2. The van der Waals surface area contributed by atoms with Gasteiger partial charge in [-0.25, -0.2) is 4.79 Å². The smallest absolute Gasteiger partial charge is 0.330 e. The lowest BCUT2D eigenvalue weighted by Crippen LogP contribution is -2.44. The number of nitrogens with one attached hydrogen (secondary N) is 1. The monoisotopic (exact) mass is 287 g/mol. The topological polar surface area (TPSA) is 75.6 Å². The van der Waals surface area contributed by atoms with E-state index in [-0.39, 0.29) is 12.3 Å². The van der Waals surface area contributed by atoms with Crippen molar-refractivity contribution in [2.24, 2.45) is 0 Å². The van der Waals surface area contributed by atoms with Crippen molar-refractivity contribution < 1.29 is 19.4 Å². The van der Waals surface area contributed by atoms with Crippen LogP contribution in [0.1, 0.15) is 5.56 Å². The fourth-order valence-electron chi connectivity index (χ4n) is 2.19. The van der Waals surface area contributed by atoms with E-state index in [9.17, 15) is 9.59 Å². The fraction of sp³-hybridized carbons (Fsp3) is 0.250. The first-order valence-electron chi connectivity index (χ1n) is 6.60. The van der Waals surface area contributed by atoms with Crippen molar-refractivity contribution in [1.29, 1.82) is 0 Å². The summed E-state index contributed by atoms with van der Waals surface area (Å²) in [7, 11) is 1.21. The van der Waals surface area contributed by atoms with Crippen LogP contribution in [0.4, 0.5) is 0 Å². The molecule has 2 aromatic rings. The molecule has 0 saturated carbocycles. The number of carbonyl (C=O) groups is 2. The van der Waals surface area contributed by atoms with Crippen LogP contribution in [-0.2, 0) is 20.7 Å². The molecule has 0 aliphatic rings. The fourth-order valence-corrected chi connectivity index (χ4v) is 2.19. The highest BCUT2D eigenvalue weighted by Crippen LogP contribution is 2.18. The molecule has 21 heavy (non-hydrogen) atoms. The van der Waals surface area contributed by atoms with Crippen LogP contribution >= 0.6 is 0 Å². The molecule has 0 bridgehead atoms. The number of carbonyl (C=O) groups excluding carboxylic acids is 2. The van der Waals surface area contributed by atoms with Crippen LogP contribution < -0.4 is 5.32 Å². The minimum atomic E-state index is -1.03. The van der Waals surface area contributed by atoms with E-state index in [4.69, 9.17) is 5.11 Å². The van der Waals surface area contributed by atoms with Gasteiger partial charge in [-0.05, 0) is 16.3 Å². The van der Waals surface area contributed by atoms with Crippen molar-refractivity contribution in [1.82, 2.24) is 5.32 Å². The molecule has 0 heterocycles. The Bertz CT molecular complexity index is 648. The van der Waals surface area contributed by atoms with Crippen molar-refractivity contribution in [2.75, 3.05) is 13.7 Å². The van der Waals surface area contributed by atoms with Gasteiger partial charge < -0.3 is 15.2 Å². The van der Waals surface area contributed by atoms with E-state index in [0.717, 1.165) is 16.3 Å². The van der Waals surface area contributed by atoms with Crippen LogP contribution in [0.5, 0.6) is 0 Å². The molecule has 0 fully saturated rings. The third-order valence-corrected chi connectivity index (χ3v) is 3.23. The quantitative estimate of drug-likeness (QED) is 0.805. The van der Waals surface area contributed by atoms with Crippen molar-refractivity contribution in [3.8, 4) is 0 Å². The summed E-state index contributed by atoms with van der Waals surface area (Å²) in [5.74, 6) is -1.00. The highest BCUT2D eigenvalue weighted by atomic mass is 16.5. The minimum Gasteiger partial charge on any atom is -0.467 e. The lowest BCUT2D eigenvalue weighted by atomic mass is 10.0. The second kappa shape index (κ2) is 6.85. The van der Waals surface area contributed by atoms with Crippen molar-refractivity contribution in [2.45, 2.75) is 12.5 Å². The van der Waals surface area contributed by atoms with E-state index >= 15 is 0 Å². The van der Waals surface area contributed by atoms with Gasteiger partial charge in [-0.3, -0.25) is 4.79 Å². The number of amides is 1. The van der Waals surface area contributed by atoms with Gasteiger partial charge in [0, 0.05) is 0 Å². The second-order valence-electron chi connectivity index (χ2n) is 4.64. The highest BCUT2D eigenvalue weighted by Gasteiger charge is 2.20. The highest BCUT2D eigenvalue weighted by molar-refractivity contribution is 5.91. The maximum Gasteiger partial charge on any atom is 0.330 e. The predicted molar refractivity (Wildman–Crippen MR) is 78.7 cm³/mol. The molecule has 0 radical (unpaired) electrons. The van der Waals surface area contributed by atoms with E-state index in [1.165, 1.54) is 7.11 Å². The number of esters is 1. The number of benzene rings is 2. The summed E-state index contributed by atoms with van der Waals surface area (Å²) < 4.78 is 4.51. The number of aliphatic hydroxyl groups is 1. The normalized spacial score (nSPS) is 11.9. The zero-order valence-electron chi connectivity index (χ0n) is 11.7. The van der Waals surface area contributed by atoms with E-state index in [0.29, 0.717) is 0 Å². The number of fused-ring (bicyclic) bond motifs is 1. The molecule has 0 aliphatic heterocycles. The molecule has 2 rings (SSSR count). The Morgan fingerprint density at radius 3 is 2.62 bits per heavy atom. The predicted octanol–water partition coefficient (Wildman–Crippen LogP) is 1.03. The summed E-state index contributed by atoms with van der Waals surface area (Å²) in [6, 6.07) is 12.5. The van der Waals surface area contributed by atoms with Gasteiger partial charge >= 0.3 is 5.97 Å². The number of hydrogen-bond acceptors (Lipinski definition) is 4. The van der Waals surface area contributed by atoms with E-state index < -0.39 is 18.6 Å². The largest absolute Gasteiger partial charge is 0.467 e. The molecule has 0 aromatic heterocycles. The summed E-state index contributed by atoms with van der Waals surface area (Å²) in [4.78, 5) is 23.4. The van der Waals surface area contributed by atoms with Crippen LogP contribution in [0.2, 0.25) is 0 Å². The van der Waals surface area contributed by atoms with Gasteiger partial charge in [-0.1, -0.05) is 42.5 Å². The third-order valence-electron chi connectivity index (χ3n) is 3.23. The van der Waals surface area contributed by atoms with Crippen molar-refractivity contribution in [3.05, 3.63) is 48.0 Å². The number of methoxy groups -OCH3 is 1. The molecule has 1 amide bonds. The van der Waals surface area contributed by atoms with Gasteiger partial charge in [-0.2, -0.15) is 0 Å². The van der Waals surface area contributed by atoms with E-state index in [2.05, 4.69) is 10.1 Å². The molecule has 2 aromatic carbocycles. The zero-order valence-corrected chi connectivity index (χ0v) is 11.7. The number of hydrogen-bond donors (Lipinski definition) is 2. The van der Waals surface area contributed by atoms with Gasteiger partial charge in [0.1, 0.15) is 0 Å². The Hall–Kier alpha value is -2.40. The summed E-state index contributed by atoms with van der Waals surface area (Å²) >= 11 is 0. The van der Waals surface area contributed by atoms with Crippen LogP contribution in [0.25, 0.3) is 10.8 Å². The van der Waals surface area contributed by atoms with Crippen LogP contribution in [0.15, 0.2) is 42.5 Å². The van der Waals surface area contributed by atoms with Gasteiger partial charge in [0.25, 0.3) is 0 Å². The number of aliphatic hydroxyl groups excluding tert-OH is 1. The van der Waals surface area contributed by atoms with Gasteiger partial charge in [-0.15, -0.1) is 0 Å². The maximum absolute atomic E-state index is 12.0. The summed E-state index contributed by atoms with van der Waals surface area (Å²) in [5, 5.41) is 13.6. The van der Waals surface area contributed by atoms with Crippen LogP contribution in [0.3, 0.4) is 0 Å². The Morgan fingerprint density at radius 1 is 1.19 bits per heavy atom. The Balaban J connectivity index is 2.13. The molecular formula is C16H17NO4. The molecule has 0 spiro atoms. The molecule has 5 nitrogen and oxygen atoms in total. The third kappa shape index (κ3) is 3.58. The van der Waals surface area contributed by atoms with Crippen molar-refractivity contribution in [3.63, 3.8) is 0 Å². The first-order valence-corrected chi connectivity index (χ1v) is 6.60. The molecule has 5 heteroatoms. The Labute approximate surface area is 122 Å². The summed E-state index contributed by atoms with van der Waals surface area (Å²) in [5.41, 5.74) is 0.868. The number of ether oxygens (including phenoxy) is 1. The average molecular weight is 287 g/mol. The molecule has 110 valence electrons. The standard InChI is InChI=1S/C16H17NO4/c1-21-16(20)14(10-18)17-15(19)9-12-7-4-6-11-5-2-3-8-13(11)12/h2-8,14,18H,9-10H2,1H3,(H,17,19). The van der Waals surface area contributed by atoms with Gasteiger partial charge in [0.05, 0.1) is 20.1 Å². The minimum absolute atomic E-state index is 0.134. The van der Waals surface area contributed by atoms with Gasteiger partial charge in [0.2, 0.25) is 5.91 Å². The SMILES string of the molecule is COC(=O)C(CO)NC(=O)Cc1cccc2ccccc12. The van der Waals surface area contributed by atoms with Crippen LogP contribution in [0, 0.1) is 0 Å². The molecule has 1 unspecified atom stereocenters. The Morgan fingerprint density at radius 2 is 1.90 bits per heavy atom. The summed E-state index contributed by atoms with van der Waals surface area (Å²) in [6.45, 7) is -0.492. The maximum atomic E-state index is 12.0. The number of rotatable bonds is 5.